The van der Waals surface area contributed by atoms with Crippen LogP contribution in [-0.2, 0) is 9.53 Å². The molecule has 4 nitrogen and oxygen atoms in total. The molecule has 0 N–H and O–H groups in total. The molecule has 1 atom stereocenters. The number of carbonyl (C=O) groups is 2. The minimum Gasteiger partial charge on any atom is -0.457 e. The molecule has 110 valence electrons. The van der Waals surface area contributed by atoms with E-state index in [2.05, 4.69) is 0 Å². The number of rotatable bonds is 4. The van der Waals surface area contributed by atoms with E-state index in [4.69, 9.17) is 4.74 Å². The van der Waals surface area contributed by atoms with Crippen LogP contribution in [0.4, 0.5) is 5.69 Å². The minimum absolute atomic E-state index is 0.183. The van der Waals surface area contributed by atoms with Crippen molar-refractivity contribution in [1.82, 2.24) is 0 Å². The molecular formula is C18H15NO3. The second-order valence-corrected chi connectivity index (χ2v) is 4.99. The van der Waals surface area contributed by atoms with Gasteiger partial charge in [-0.15, -0.1) is 0 Å². The van der Waals surface area contributed by atoms with Crippen molar-refractivity contribution >= 4 is 17.3 Å². The summed E-state index contributed by atoms with van der Waals surface area (Å²) in [6.07, 6.45) is 0.729. The van der Waals surface area contributed by atoms with E-state index >= 15 is 0 Å². The van der Waals surface area contributed by atoms with Crippen molar-refractivity contribution in [2.45, 2.75) is 13.2 Å². The highest BCUT2D eigenvalue weighted by atomic mass is 16.5. The molecule has 1 unspecified atom stereocenters. The molecule has 0 amide bonds. The van der Waals surface area contributed by atoms with Crippen molar-refractivity contribution in [3.05, 3.63) is 78.2 Å². The molecule has 0 bridgehead atoms. The fraction of sp³-hybridized carbons (Fsp3) is 0.111. The zero-order valence-corrected chi connectivity index (χ0v) is 12.1. The average Bonchev–Trinajstić information content (AvgIpc) is 3.01. The minimum atomic E-state index is -0.858. The Kier molecular flexibility index (Phi) is 3.74. The third-order valence-corrected chi connectivity index (χ3v) is 3.43. The summed E-state index contributed by atoms with van der Waals surface area (Å²) in [5, 5.41) is 0. The normalized spacial score (nSPS) is 16.9. The van der Waals surface area contributed by atoms with Gasteiger partial charge in [0.15, 0.2) is 11.5 Å². The van der Waals surface area contributed by atoms with Gasteiger partial charge < -0.3 is 9.64 Å². The van der Waals surface area contributed by atoms with E-state index in [1.165, 1.54) is 6.92 Å². The SMILES string of the molecule is CC(=O)C1=CN(c2ccccc2)C(C(=O)c2ccccc2)O1. The molecule has 2 aromatic rings. The summed E-state index contributed by atoms with van der Waals surface area (Å²) in [6, 6.07) is 18.3. The van der Waals surface area contributed by atoms with Gasteiger partial charge in [-0.25, -0.2) is 0 Å². The number of benzene rings is 2. The Bertz CT molecular complexity index is 723. The Hall–Kier alpha value is -2.88. The number of carbonyl (C=O) groups excluding carboxylic acids is 2. The zero-order chi connectivity index (χ0) is 15.5. The Balaban J connectivity index is 1.96. The lowest BCUT2D eigenvalue weighted by Crippen LogP contribution is -2.36. The van der Waals surface area contributed by atoms with Crippen molar-refractivity contribution in [3.8, 4) is 0 Å². The first-order chi connectivity index (χ1) is 10.7. The van der Waals surface area contributed by atoms with Gasteiger partial charge in [-0.2, -0.15) is 0 Å². The van der Waals surface area contributed by atoms with Gasteiger partial charge in [0.25, 0.3) is 0 Å². The molecule has 0 radical (unpaired) electrons. The van der Waals surface area contributed by atoms with Crippen LogP contribution in [0.25, 0.3) is 0 Å². The van der Waals surface area contributed by atoms with Gasteiger partial charge in [-0.1, -0.05) is 48.5 Å². The largest absolute Gasteiger partial charge is 0.457 e. The van der Waals surface area contributed by atoms with Crippen molar-refractivity contribution in [3.63, 3.8) is 0 Å². The molecule has 1 aliphatic heterocycles. The van der Waals surface area contributed by atoms with Crippen LogP contribution < -0.4 is 4.90 Å². The Morgan fingerprint density at radius 2 is 1.55 bits per heavy atom. The van der Waals surface area contributed by atoms with Crippen molar-refractivity contribution in [2.75, 3.05) is 4.90 Å². The third-order valence-electron chi connectivity index (χ3n) is 3.43. The number of hydrogen-bond donors (Lipinski definition) is 0. The summed E-state index contributed by atoms with van der Waals surface area (Å²) in [6.45, 7) is 1.42. The number of allylic oxidation sites excluding steroid dienone is 1. The van der Waals surface area contributed by atoms with Crippen LogP contribution in [0.1, 0.15) is 17.3 Å². The number of nitrogens with zero attached hydrogens (tertiary/aromatic N) is 1. The van der Waals surface area contributed by atoms with E-state index in [1.807, 2.05) is 36.4 Å². The molecule has 1 aliphatic rings. The lowest BCUT2D eigenvalue weighted by Gasteiger charge is -2.23. The van der Waals surface area contributed by atoms with Crippen LogP contribution in [0.3, 0.4) is 0 Å². The summed E-state index contributed by atoms with van der Waals surface area (Å²) in [7, 11) is 0. The summed E-state index contributed by atoms with van der Waals surface area (Å²) in [5.41, 5.74) is 1.35. The van der Waals surface area contributed by atoms with Crippen LogP contribution >= 0.6 is 0 Å². The van der Waals surface area contributed by atoms with Crippen molar-refractivity contribution < 1.29 is 14.3 Å². The van der Waals surface area contributed by atoms with Crippen LogP contribution in [0.2, 0.25) is 0 Å². The van der Waals surface area contributed by atoms with Crippen LogP contribution in [0, 0.1) is 0 Å². The summed E-state index contributed by atoms with van der Waals surface area (Å²) in [5.74, 6) is -0.195. The molecule has 0 aliphatic carbocycles. The highest BCUT2D eigenvalue weighted by Crippen LogP contribution is 2.28. The predicted molar refractivity (Wildman–Crippen MR) is 83.3 cm³/mol. The van der Waals surface area contributed by atoms with E-state index < -0.39 is 6.23 Å². The summed E-state index contributed by atoms with van der Waals surface area (Å²) >= 11 is 0. The van der Waals surface area contributed by atoms with Crippen LogP contribution in [0.5, 0.6) is 0 Å². The molecular weight excluding hydrogens is 278 g/mol. The predicted octanol–water partition coefficient (Wildman–Crippen LogP) is 3.16. The van der Waals surface area contributed by atoms with Gasteiger partial charge in [-0.3, -0.25) is 9.59 Å². The molecule has 22 heavy (non-hydrogen) atoms. The van der Waals surface area contributed by atoms with Gasteiger partial charge in [0, 0.05) is 18.2 Å². The smallest absolute Gasteiger partial charge is 0.240 e. The van der Waals surface area contributed by atoms with Gasteiger partial charge in [0.05, 0.1) is 6.20 Å². The molecule has 0 aromatic heterocycles. The fourth-order valence-electron chi connectivity index (χ4n) is 2.31. The topological polar surface area (TPSA) is 46.6 Å². The van der Waals surface area contributed by atoms with E-state index in [0.717, 1.165) is 5.69 Å². The second kappa shape index (κ2) is 5.85. The first-order valence-corrected chi connectivity index (χ1v) is 6.99. The van der Waals surface area contributed by atoms with E-state index in [1.54, 1.807) is 35.4 Å². The number of ketones is 2. The molecule has 0 fully saturated rings. The zero-order valence-electron chi connectivity index (χ0n) is 12.1. The lowest BCUT2D eigenvalue weighted by atomic mass is 10.1. The number of hydrogen-bond acceptors (Lipinski definition) is 4. The highest BCUT2D eigenvalue weighted by molar-refractivity contribution is 6.03. The van der Waals surface area contributed by atoms with Gasteiger partial charge in [0.2, 0.25) is 12.0 Å². The van der Waals surface area contributed by atoms with Crippen LogP contribution in [-0.4, -0.2) is 17.8 Å². The Labute approximate surface area is 128 Å². The molecule has 0 saturated heterocycles. The standard InChI is InChI=1S/C18H15NO3/c1-13(20)16-12-19(15-10-6-3-7-11-15)18(22-16)17(21)14-8-4-2-5-9-14/h2-12,18H,1H3. The maximum Gasteiger partial charge on any atom is 0.240 e. The molecule has 0 spiro atoms. The Morgan fingerprint density at radius 3 is 2.14 bits per heavy atom. The summed E-state index contributed by atoms with van der Waals surface area (Å²) in [4.78, 5) is 26.0. The highest BCUT2D eigenvalue weighted by Gasteiger charge is 2.35. The maximum absolute atomic E-state index is 12.7. The van der Waals surface area contributed by atoms with Crippen molar-refractivity contribution in [1.29, 1.82) is 0 Å². The maximum atomic E-state index is 12.7. The van der Waals surface area contributed by atoms with E-state index in [0.29, 0.717) is 5.56 Å². The molecule has 4 heteroatoms. The summed E-state index contributed by atoms with van der Waals surface area (Å²) < 4.78 is 5.59. The first kappa shape index (κ1) is 14.1. The molecule has 1 heterocycles. The first-order valence-electron chi connectivity index (χ1n) is 6.99. The Morgan fingerprint density at radius 1 is 0.955 bits per heavy atom. The quantitative estimate of drug-likeness (QED) is 0.812. The van der Waals surface area contributed by atoms with Crippen molar-refractivity contribution in [2.24, 2.45) is 0 Å². The molecule has 3 rings (SSSR count). The molecule has 0 saturated carbocycles. The van der Waals surface area contributed by atoms with Crippen LogP contribution in [0.15, 0.2) is 72.6 Å². The number of Topliss-reactive ketones (excluding diaryl/α,β-unsaturated/α-hetero) is 2. The number of para-hydroxylation sites is 1. The fourth-order valence-corrected chi connectivity index (χ4v) is 2.31. The van der Waals surface area contributed by atoms with E-state index in [9.17, 15) is 9.59 Å². The van der Waals surface area contributed by atoms with Gasteiger partial charge in [-0.05, 0) is 12.1 Å². The second-order valence-electron chi connectivity index (χ2n) is 4.99. The number of ether oxygens (including phenoxy) is 1. The third kappa shape index (κ3) is 2.63. The number of anilines is 1. The molecule has 2 aromatic carbocycles. The average molecular weight is 293 g/mol. The van der Waals surface area contributed by atoms with Gasteiger partial charge in [0.1, 0.15) is 0 Å². The lowest BCUT2D eigenvalue weighted by molar-refractivity contribution is -0.116. The van der Waals surface area contributed by atoms with E-state index in [-0.39, 0.29) is 17.3 Å². The van der Waals surface area contributed by atoms with Gasteiger partial charge >= 0.3 is 0 Å². The monoisotopic (exact) mass is 293 g/mol.